The van der Waals surface area contributed by atoms with Crippen molar-refractivity contribution in [2.24, 2.45) is 0 Å². The summed E-state index contributed by atoms with van der Waals surface area (Å²) in [6.07, 6.45) is 1.95. The van der Waals surface area contributed by atoms with Gasteiger partial charge in [0.15, 0.2) is 0 Å². The zero-order chi connectivity index (χ0) is 6.57. The molecule has 0 aliphatic carbocycles. The molecule has 0 spiro atoms. The summed E-state index contributed by atoms with van der Waals surface area (Å²) in [5.74, 6) is 0. The SMILES string of the molecule is CSO[SiH](C)N(C)C. The Kier molecular flexibility index (Phi) is 4.64. The summed E-state index contributed by atoms with van der Waals surface area (Å²) in [5, 5.41) is 0. The fourth-order valence-corrected chi connectivity index (χ4v) is 2.03. The van der Waals surface area contributed by atoms with E-state index >= 15 is 0 Å². The van der Waals surface area contributed by atoms with Crippen molar-refractivity contribution in [1.29, 1.82) is 0 Å². The molecule has 0 heterocycles. The highest BCUT2D eigenvalue weighted by molar-refractivity contribution is 7.94. The molecule has 0 aromatic rings. The first-order chi connectivity index (χ1) is 3.68. The molecule has 0 rings (SSSR count). The fourth-order valence-electron chi connectivity index (χ4n) is 0.225. The smallest absolute Gasteiger partial charge is 0.267 e. The van der Waals surface area contributed by atoms with Crippen LogP contribution < -0.4 is 0 Å². The Balaban J connectivity index is 3.17. The van der Waals surface area contributed by atoms with E-state index in [1.807, 2.05) is 20.4 Å². The first-order valence-corrected chi connectivity index (χ1v) is 5.83. The molecule has 0 saturated heterocycles. The lowest BCUT2D eigenvalue weighted by atomic mass is 11.3. The lowest BCUT2D eigenvalue weighted by molar-refractivity contribution is 0.520. The van der Waals surface area contributed by atoms with Crippen molar-refractivity contribution >= 4 is 21.2 Å². The van der Waals surface area contributed by atoms with E-state index in [4.69, 9.17) is 3.87 Å². The van der Waals surface area contributed by atoms with Crippen LogP contribution in [0.3, 0.4) is 0 Å². The van der Waals surface area contributed by atoms with E-state index in [2.05, 4.69) is 11.1 Å². The van der Waals surface area contributed by atoms with Crippen molar-refractivity contribution in [3.05, 3.63) is 0 Å². The molecule has 0 aliphatic rings. The maximum Gasteiger partial charge on any atom is 0.267 e. The first kappa shape index (κ1) is 8.49. The van der Waals surface area contributed by atoms with Gasteiger partial charge in [-0.25, -0.2) is 0 Å². The van der Waals surface area contributed by atoms with Crippen molar-refractivity contribution < 1.29 is 3.87 Å². The maximum atomic E-state index is 5.28. The largest absolute Gasteiger partial charge is 0.342 e. The van der Waals surface area contributed by atoms with E-state index < -0.39 is 9.20 Å². The summed E-state index contributed by atoms with van der Waals surface area (Å²) >= 11 is 1.46. The molecule has 0 aromatic carbocycles. The van der Waals surface area contributed by atoms with E-state index in [0.29, 0.717) is 0 Å². The Hall–Kier alpha value is 0.487. The first-order valence-electron chi connectivity index (χ1n) is 2.54. The third kappa shape index (κ3) is 3.48. The third-order valence-electron chi connectivity index (χ3n) is 0.963. The molecule has 0 saturated carbocycles. The molecule has 0 radical (unpaired) electrons. The van der Waals surface area contributed by atoms with Crippen LogP contribution in [0.4, 0.5) is 0 Å². The summed E-state index contributed by atoms with van der Waals surface area (Å²) in [4.78, 5) is 0. The molecular weight excluding hydrogens is 138 g/mol. The van der Waals surface area contributed by atoms with Gasteiger partial charge in [0, 0.05) is 6.26 Å². The molecule has 0 amide bonds. The summed E-state index contributed by atoms with van der Waals surface area (Å²) in [7, 11) is 3.12. The predicted octanol–water partition coefficient (Wildman–Crippen LogP) is 0.693. The highest BCUT2D eigenvalue weighted by atomic mass is 32.2. The van der Waals surface area contributed by atoms with Crippen molar-refractivity contribution in [2.45, 2.75) is 6.55 Å². The minimum absolute atomic E-state index is 0.979. The van der Waals surface area contributed by atoms with Crippen LogP contribution in [0.15, 0.2) is 0 Å². The molecular formula is C4H13NOSSi. The van der Waals surface area contributed by atoms with Crippen LogP contribution in [0, 0.1) is 0 Å². The zero-order valence-electron chi connectivity index (χ0n) is 5.84. The molecule has 1 unspecified atom stereocenters. The molecule has 50 valence electrons. The Bertz CT molecular complexity index is 62.0. The van der Waals surface area contributed by atoms with Crippen molar-refractivity contribution in [1.82, 2.24) is 4.57 Å². The number of rotatable bonds is 3. The molecule has 0 fully saturated rings. The Morgan fingerprint density at radius 2 is 2.00 bits per heavy atom. The van der Waals surface area contributed by atoms with E-state index in [0.717, 1.165) is 0 Å². The van der Waals surface area contributed by atoms with Gasteiger partial charge in [-0.2, -0.15) is 0 Å². The average Bonchev–Trinajstić information content (AvgIpc) is 1.67. The topological polar surface area (TPSA) is 12.5 Å². The Labute approximate surface area is 57.2 Å². The summed E-state index contributed by atoms with van der Waals surface area (Å²) in [6, 6.07) is 0. The normalized spacial score (nSPS) is 14.6. The van der Waals surface area contributed by atoms with Crippen LogP contribution >= 0.6 is 12.0 Å². The maximum absolute atomic E-state index is 5.28. The molecule has 0 N–H and O–H groups in total. The molecule has 0 aliphatic heterocycles. The molecule has 4 heteroatoms. The second-order valence-corrected chi connectivity index (χ2v) is 5.16. The minimum Gasteiger partial charge on any atom is -0.342 e. The highest BCUT2D eigenvalue weighted by Gasteiger charge is 2.05. The second kappa shape index (κ2) is 4.37. The van der Waals surface area contributed by atoms with Gasteiger partial charge in [-0.05, 0) is 32.7 Å². The molecule has 0 bridgehead atoms. The van der Waals surface area contributed by atoms with Crippen LogP contribution in [0.5, 0.6) is 0 Å². The van der Waals surface area contributed by atoms with Crippen molar-refractivity contribution in [3.63, 3.8) is 0 Å². The lowest BCUT2D eigenvalue weighted by Crippen LogP contribution is -2.30. The lowest BCUT2D eigenvalue weighted by Gasteiger charge is -2.15. The molecule has 2 nitrogen and oxygen atoms in total. The van der Waals surface area contributed by atoms with Gasteiger partial charge in [-0.15, -0.1) is 0 Å². The van der Waals surface area contributed by atoms with E-state index in [1.54, 1.807) is 0 Å². The predicted molar refractivity (Wildman–Crippen MR) is 41.3 cm³/mol. The monoisotopic (exact) mass is 151 g/mol. The van der Waals surface area contributed by atoms with Crippen LogP contribution in [-0.2, 0) is 3.87 Å². The number of nitrogens with zero attached hydrogens (tertiary/aromatic N) is 1. The van der Waals surface area contributed by atoms with Crippen molar-refractivity contribution in [2.75, 3.05) is 20.4 Å². The summed E-state index contributed by atoms with van der Waals surface area (Å²) in [6.45, 7) is 2.15. The minimum atomic E-state index is -0.979. The van der Waals surface area contributed by atoms with Crippen LogP contribution in [0.25, 0.3) is 0 Å². The number of hydrogen-bond acceptors (Lipinski definition) is 3. The Morgan fingerprint density at radius 1 is 1.50 bits per heavy atom. The van der Waals surface area contributed by atoms with E-state index in [9.17, 15) is 0 Å². The third-order valence-corrected chi connectivity index (χ3v) is 4.30. The van der Waals surface area contributed by atoms with E-state index in [-0.39, 0.29) is 0 Å². The molecule has 0 aromatic heterocycles. The zero-order valence-corrected chi connectivity index (χ0v) is 7.81. The molecule has 1 atom stereocenters. The van der Waals surface area contributed by atoms with Gasteiger partial charge in [0.25, 0.3) is 9.20 Å². The van der Waals surface area contributed by atoms with Gasteiger partial charge >= 0.3 is 0 Å². The quantitative estimate of drug-likeness (QED) is 0.435. The Morgan fingerprint density at radius 3 is 2.12 bits per heavy atom. The van der Waals surface area contributed by atoms with Gasteiger partial charge in [0.2, 0.25) is 0 Å². The highest BCUT2D eigenvalue weighted by Crippen LogP contribution is 1.99. The fraction of sp³-hybridized carbons (Fsp3) is 1.00. The summed E-state index contributed by atoms with van der Waals surface area (Å²) < 4.78 is 7.43. The van der Waals surface area contributed by atoms with Crippen LogP contribution in [0.2, 0.25) is 6.55 Å². The van der Waals surface area contributed by atoms with Gasteiger partial charge in [-0.3, -0.25) is 0 Å². The second-order valence-electron chi connectivity index (χ2n) is 1.83. The standard InChI is InChI=1S/C4H13NOSSi/c1-5(2)8(4)6-7-3/h8H,1-4H3. The van der Waals surface area contributed by atoms with Gasteiger partial charge < -0.3 is 8.44 Å². The van der Waals surface area contributed by atoms with Gasteiger partial charge in [0.05, 0.1) is 0 Å². The summed E-state index contributed by atoms with van der Waals surface area (Å²) in [5.41, 5.74) is 0. The van der Waals surface area contributed by atoms with Crippen LogP contribution in [0.1, 0.15) is 0 Å². The molecule has 8 heavy (non-hydrogen) atoms. The van der Waals surface area contributed by atoms with E-state index in [1.165, 1.54) is 12.0 Å². The van der Waals surface area contributed by atoms with Crippen molar-refractivity contribution in [3.8, 4) is 0 Å². The van der Waals surface area contributed by atoms with Crippen LogP contribution in [-0.4, -0.2) is 34.1 Å². The van der Waals surface area contributed by atoms with Gasteiger partial charge in [-0.1, -0.05) is 0 Å². The number of hydrogen-bond donors (Lipinski definition) is 0. The average molecular weight is 151 g/mol. The van der Waals surface area contributed by atoms with Gasteiger partial charge in [0.1, 0.15) is 0 Å².